The maximum atomic E-state index is 13.5. The molecular formula is C12H15FN6. The Morgan fingerprint density at radius 2 is 1.68 bits per heavy atom. The van der Waals surface area contributed by atoms with E-state index in [1.165, 1.54) is 6.07 Å². The molecule has 0 radical (unpaired) electrons. The number of benzene rings is 1. The van der Waals surface area contributed by atoms with Gasteiger partial charge in [0.25, 0.3) is 0 Å². The van der Waals surface area contributed by atoms with Gasteiger partial charge in [-0.15, -0.1) is 0 Å². The molecule has 0 amide bonds. The molecule has 0 atom stereocenters. The number of rotatable bonds is 4. The van der Waals surface area contributed by atoms with Crippen LogP contribution in [0.3, 0.4) is 0 Å². The molecule has 0 spiro atoms. The molecule has 1 heterocycles. The molecule has 1 aromatic heterocycles. The van der Waals surface area contributed by atoms with Crippen LogP contribution in [0, 0.1) is 5.82 Å². The van der Waals surface area contributed by atoms with Gasteiger partial charge in [-0.2, -0.15) is 15.0 Å². The average molecular weight is 262 g/mol. The van der Waals surface area contributed by atoms with Gasteiger partial charge in [-0.25, -0.2) is 4.39 Å². The van der Waals surface area contributed by atoms with Gasteiger partial charge in [0.05, 0.1) is 6.54 Å². The standard InChI is InChI=1S/C12H15FN6/c1-19(6-8-4-2-3-5-9(8)13)7-10-16-11(14)18-12(15)17-10/h2-5H,6-7H2,1H3,(H4,14,15,16,17,18). The fraction of sp³-hybridized carbons (Fsp3) is 0.250. The Morgan fingerprint density at radius 3 is 2.32 bits per heavy atom. The number of nitrogens with zero attached hydrogens (tertiary/aromatic N) is 4. The molecule has 1 aromatic carbocycles. The SMILES string of the molecule is CN(Cc1nc(N)nc(N)n1)Cc1ccccc1F. The summed E-state index contributed by atoms with van der Waals surface area (Å²) < 4.78 is 13.5. The fourth-order valence-electron chi connectivity index (χ4n) is 1.74. The third-order valence-corrected chi connectivity index (χ3v) is 2.53. The number of hydrogen-bond donors (Lipinski definition) is 2. The second-order valence-electron chi connectivity index (χ2n) is 4.23. The van der Waals surface area contributed by atoms with Crippen LogP contribution in [0.2, 0.25) is 0 Å². The fourth-order valence-corrected chi connectivity index (χ4v) is 1.74. The Labute approximate surface area is 110 Å². The average Bonchev–Trinajstić information content (AvgIpc) is 2.30. The van der Waals surface area contributed by atoms with Crippen LogP contribution in [-0.4, -0.2) is 26.9 Å². The molecule has 6 nitrogen and oxygen atoms in total. The van der Waals surface area contributed by atoms with Crippen molar-refractivity contribution in [3.05, 3.63) is 41.5 Å². The summed E-state index contributed by atoms with van der Waals surface area (Å²) in [4.78, 5) is 13.5. The summed E-state index contributed by atoms with van der Waals surface area (Å²) in [5.41, 5.74) is 11.6. The van der Waals surface area contributed by atoms with Crippen LogP contribution in [0.4, 0.5) is 16.3 Å². The zero-order valence-corrected chi connectivity index (χ0v) is 10.5. The highest BCUT2D eigenvalue weighted by molar-refractivity contribution is 5.25. The first-order chi connectivity index (χ1) is 9.04. The van der Waals surface area contributed by atoms with Crippen molar-refractivity contribution in [1.82, 2.24) is 19.9 Å². The van der Waals surface area contributed by atoms with Crippen LogP contribution in [0.15, 0.2) is 24.3 Å². The molecule has 19 heavy (non-hydrogen) atoms. The van der Waals surface area contributed by atoms with E-state index >= 15 is 0 Å². The largest absolute Gasteiger partial charge is 0.368 e. The number of aromatic nitrogens is 3. The lowest BCUT2D eigenvalue weighted by atomic mass is 10.2. The second-order valence-corrected chi connectivity index (χ2v) is 4.23. The van der Waals surface area contributed by atoms with Gasteiger partial charge < -0.3 is 11.5 Å². The number of anilines is 2. The van der Waals surface area contributed by atoms with Crippen molar-refractivity contribution in [2.45, 2.75) is 13.1 Å². The van der Waals surface area contributed by atoms with E-state index in [1.54, 1.807) is 18.2 Å². The molecular weight excluding hydrogens is 247 g/mol. The number of nitrogens with two attached hydrogens (primary N) is 2. The Hall–Kier alpha value is -2.28. The molecule has 0 aliphatic rings. The molecule has 0 unspecified atom stereocenters. The normalized spacial score (nSPS) is 10.9. The monoisotopic (exact) mass is 262 g/mol. The summed E-state index contributed by atoms with van der Waals surface area (Å²) in [7, 11) is 1.84. The van der Waals surface area contributed by atoms with E-state index in [9.17, 15) is 4.39 Å². The van der Waals surface area contributed by atoms with Crippen LogP contribution < -0.4 is 11.5 Å². The topological polar surface area (TPSA) is 94.0 Å². The third kappa shape index (κ3) is 3.59. The number of halogens is 1. The zero-order valence-electron chi connectivity index (χ0n) is 10.5. The summed E-state index contributed by atoms with van der Waals surface area (Å²) in [5, 5.41) is 0. The lowest BCUT2D eigenvalue weighted by Gasteiger charge is -2.16. The Bertz CT molecular complexity index is 554. The summed E-state index contributed by atoms with van der Waals surface area (Å²) in [6.45, 7) is 0.851. The predicted molar refractivity (Wildman–Crippen MR) is 70.2 cm³/mol. The molecule has 100 valence electrons. The first kappa shape index (κ1) is 13.2. The zero-order chi connectivity index (χ0) is 13.8. The first-order valence-electron chi connectivity index (χ1n) is 5.72. The lowest BCUT2D eigenvalue weighted by molar-refractivity contribution is 0.305. The van der Waals surface area contributed by atoms with Crippen molar-refractivity contribution in [3.63, 3.8) is 0 Å². The van der Waals surface area contributed by atoms with Gasteiger partial charge in [0.2, 0.25) is 11.9 Å². The molecule has 0 aliphatic heterocycles. The summed E-state index contributed by atoms with van der Waals surface area (Å²) in [6.07, 6.45) is 0. The molecule has 2 rings (SSSR count). The molecule has 0 saturated carbocycles. The quantitative estimate of drug-likeness (QED) is 0.846. The van der Waals surface area contributed by atoms with E-state index in [4.69, 9.17) is 11.5 Å². The maximum Gasteiger partial charge on any atom is 0.225 e. The van der Waals surface area contributed by atoms with Crippen molar-refractivity contribution in [1.29, 1.82) is 0 Å². The lowest BCUT2D eigenvalue weighted by Crippen LogP contribution is -2.20. The Morgan fingerprint density at radius 1 is 1.05 bits per heavy atom. The van der Waals surface area contributed by atoms with Gasteiger partial charge >= 0.3 is 0 Å². The van der Waals surface area contributed by atoms with E-state index in [2.05, 4.69) is 15.0 Å². The van der Waals surface area contributed by atoms with Gasteiger partial charge in [0.1, 0.15) is 11.6 Å². The van der Waals surface area contributed by atoms with Gasteiger partial charge in [-0.3, -0.25) is 4.90 Å². The minimum absolute atomic E-state index is 0.0850. The van der Waals surface area contributed by atoms with Gasteiger partial charge in [0.15, 0.2) is 0 Å². The van der Waals surface area contributed by atoms with Crippen molar-refractivity contribution < 1.29 is 4.39 Å². The van der Waals surface area contributed by atoms with Gasteiger partial charge in [-0.05, 0) is 13.1 Å². The molecule has 0 bridgehead atoms. The molecule has 0 aliphatic carbocycles. The minimum Gasteiger partial charge on any atom is -0.368 e. The Balaban J connectivity index is 2.05. The predicted octanol–water partition coefficient (Wildman–Crippen LogP) is 0.807. The van der Waals surface area contributed by atoms with Crippen molar-refractivity contribution >= 4 is 11.9 Å². The van der Waals surface area contributed by atoms with Crippen LogP contribution in [0.1, 0.15) is 11.4 Å². The number of hydrogen-bond acceptors (Lipinski definition) is 6. The summed E-state index contributed by atoms with van der Waals surface area (Å²) in [6, 6.07) is 6.63. The summed E-state index contributed by atoms with van der Waals surface area (Å²) in [5.74, 6) is 0.399. The van der Waals surface area contributed by atoms with Crippen molar-refractivity contribution in [2.24, 2.45) is 0 Å². The van der Waals surface area contributed by atoms with Crippen LogP contribution in [0.5, 0.6) is 0 Å². The second kappa shape index (κ2) is 5.57. The van der Waals surface area contributed by atoms with E-state index in [0.717, 1.165) is 0 Å². The van der Waals surface area contributed by atoms with Crippen molar-refractivity contribution in [3.8, 4) is 0 Å². The molecule has 4 N–H and O–H groups in total. The van der Waals surface area contributed by atoms with E-state index in [-0.39, 0.29) is 17.7 Å². The molecule has 0 fully saturated rings. The highest BCUT2D eigenvalue weighted by Crippen LogP contribution is 2.10. The molecule has 2 aromatic rings. The van der Waals surface area contributed by atoms with E-state index in [0.29, 0.717) is 24.5 Å². The molecule has 7 heteroatoms. The van der Waals surface area contributed by atoms with Gasteiger partial charge in [-0.1, -0.05) is 18.2 Å². The van der Waals surface area contributed by atoms with Gasteiger partial charge in [0, 0.05) is 12.1 Å². The van der Waals surface area contributed by atoms with E-state index in [1.807, 2.05) is 11.9 Å². The van der Waals surface area contributed by atoms with Crippen molar-refractivity contribution in [2.75, 3.05) is 18.5 Å². The highest BCUT2D eigenvalue weighted by atomic mass is 19.1. The summed E-state index contributed by atoms with van der Waals surface area (Å²) >= 11 is 0. The number of nitrogen functional groups attached to an aromatic ring is 2. The van der Waals surface area contributed by atoms with E-state index < -0.39 is 0 Å². The molecule has 0 saturated heterocycles. The first-order valence-corrected chi connectivity index (χ1v) is 5.72. The maximum absolute atomic E-state index is 13.5. The minimum atomic E-state index is -0.232. The Kier molecular flexibility index (Phi) is 3.86. The smallest absolute Gasteiger partial charge is 0.225 e. The van der Waals surface area contributed by atoms with Crippen LogP contribution in [0.25, 0.3) is 0 Å². The van der Waals surface area contributed by atoms with Crippen LogP contribution in [-0.2, 0) is 13.1 Å². The highest BCUT2D eigenvalue weighted by Gasteiger charge is 2.08. The van der Waals surface area contributed by atoms with Crippen LogP contribution >= 0.6 is 0 Å². The third-order valence-electron chi connectivity index (χ3n) is 2.53.